The first kappa shape index (κ1) is 9.88. The Balaban J connectivity index is 2.08. The normalized spacial score (nSPS) is 30.9. The van der Waals surface area contributed by atoms with Gasteiger partial charge in [0.15, 0.2) is 0 Å². The number of fused-ring (bicyclic) bond motifs is 3. The van der Waals surface area contributed by atoms with E-state index in [1.807, 2.05) is 6.07 Å². The monoisotopic (exact) mass is 215 g/mol. The quantitative estimate of drug-likeness (QED) is 0.521. The first-order valence-corrected chi connectivity index (χ1v) is 6.20. The second-order valence-corrected chi connectivity index (χ2v) is 4.99. The summed E-state index contributed by atoms with van der Waals surface area (Å²) in [4.78, 5) is 0. The van der Waals surface area contributed by atoms with Crippen molar-refractivity contribution in [2.24, 2.45) is 11.1 Å². The molecule has 0 unspecified atom stereocenters. The van der Waals surface area contributed by atoms with Crippen molar-refractivity contribution >= 4 is 5.71 Å². The first-order valence-electron chi connectivity index (χ1n) is 6.20. The molecule has 2 aliphatic carbocycles. The van der Waals surface area contributed by atoms with Crippen LogP contribution in [0.1, 0.15) is 49.1 Å². The zero-order valence-electron chi connectivity index (χ0n) is 9.39. The van der Waals surface area contributed by atoms with Gasteiger partial charge in [-0.25, -0.2) is 0 Å². The average Bonchev–Trinajstić information content (AvgIpc) is 2.38. The summed E-state index contributed by atoms with van der Waals surface area (Å²) in [6.07, 6.45) is 6.24. The molecule has 2 heteroatoms. The molecular weight excluding hydrogens is 198 g/mol. The summed E-state index contributed by atoms with van der Waals surface area (Å²) >= 11 is 0. The molecule has 0 amide bonds. The van der Waals surface area contributed by atoms with Crippen LogP contribution in [-0.2, 0) is 0 Å². The molecule has 0 spiro atoms. The Kier molecular flexibility index (Phi) is 2.43. The highest BCUT2D eigenvalue weighted by Gasteiger charge is 2.34. The number of nitrogens with zero attached hydrogens (tertiary/aromatic N) is 1. The Morgan fingerprint density at radius 1 is 1.12 bits per heavy atom. The molecule has 2 nitrogen and oxygen atoms in total. The molecule has 0 saturated heterocycles. The van der Waals surface area contributed by atoms with Gasteiger partial charge in [-0.15, -0.1) is 0 Å². The van der Waals surface area contributed by atoms with Crippen LogP contribution in [0, 0.1) is 5.92 Å². The molecule has 0 aliphatic heterocycles. The van der Waals surface area contributed by atoms with Crippen molar-refractivity contribution in [1.82, 2.24) is 0 Å². The summed E-state index contributed by atoms with van der Waals surface area (Å²) in [6, 6.07) is 8.44. The molecule has 0 bridgehead atoms. The molecule has 1 aromatic carbocycles. The van der Waals surface area contributed by atoms with Gasteiger partial charge >= 0.3 is 0 Å². The SMILES string of the molecule is O/N=C1\C[C@H]2CCCC[C@@H]2c2ccccc21. The zero-order chi connectivity index (χ0) is 11.0. The van der Waals surface area contributed by atoms with E-state index in [0.29, 0.717) is 11.8 Å². The highest BCUT2D eigenvalue weighted by Crippen LogP contribution is 2.44. The number of hydrogen-bond donors (Lipinski definition) is 1. The molecule has 0 aromatic heterocycles. The lowest BCUT2D eigenvalue weighted by Crippen LogP contribution is -2.28. The third-order valence-electron chi connectivity index (χ3n) is 4.16. The van der Waals surface area contributed by atoms with Gasteiger partial charge < -0.3 is 5.21 Å². The van der Waals surface area contributed by atoms with Gasteiger partial charge in [0.2, 0.25) is 0 Å². The predicted molar refractivity (Wildman–Crippen MR) is 64.1 cm³/mol. The Bertz CT molecular complexity index is 424. The Hall–Kier alpha value is -1.31. The van der Waals surface area contributed by atoms with Crippen LogP contribution in [-0.4, -0.2) is 10.9 Å². The van der Waals surface area contributed by atoms with Crippen LogP contribution in [0.15, 0.2) is 29.4 Å². The smallest absolute Gasteiger partial charge is 0.0873 e. The van der Waals surface area contributed by atoms with Crippen molar-refractivity contribution in [2.45, 2.75) is 38.0 Å². The van der Waals surface area contributed by atoms with E-state index in [4.69, 9.17) is 5.21 Å². The lowest BCUT2D eigenvalue weighted by atomic mass is 9.67. The summed E-state index contributed by atoms with van der Waals surface area (Å²) < 4.78 is 0. The van der Waals surface area contributed by atoms with Gasteiger partial charge in [-0.1, -0.05) is 42.3 Å². The number of hydrogen-bond acceptors (Lipinski definition) is 2. The third kappa shape index (κ3) is 1.44. The number of oxime groups is 1. The zero-order valence-corrected chi connectivity index (χ0v) is 9.39. The summed E-state index contributed by atoms with van der Waals surface area (Å²) in [5.74, 6) is 1.41. The van der Waals surface area contributed by atoms with E-state index in [0.717, 1.165) is 12.1 Å². The van der Waals surface area contributed by atoms with Crippen molar-refractivity contribution in [3.8, 4) is 0 Å². The van der Waals surface area contributed by atoms with Crippen LogP contribution >= 0.6 is 0 Å². The van der Waals surface area contributed by atoms with Gasteiger partial charge in [0.1, 0.15) is 0 Å². The summed E-state index contributed by atoms with van der Waals surface area (Å²) in [6.45, 7) is 0. The molecule has 1 aromatic rings. The van der Waals surface area contributed by atoms with E-state index < -0.39 is 0 Å². The molecule has 84 valence electrons. The van der Waals surface area contributed by atoms with E-state index in [1.54, 1.807) is 0 Å². The fraction of sp³-hybridized carbons (Fsp3) is 0.500. The molecule has 1 saturated carbocycles. The van der Waals surface area contributed by atoms with Crippen molar-refractivity contribution in [3.05, 3.63) is 35.4 Å². The van der Waals surface area contributed by atoms with Crippen molar-refractivity contribution in [2.75, 3.05) is 0 Å². The maximum Gasteiger partial charge on any atom is 0.0873 e. The molecule has 2 atom stereocenters. The largest absolute Gasteiger partial charge is 0.411 e. The molecular formula is C14H17NO. The van der Waals surface area contributed by atoms with Gasteiger partial charge in [0.25, 0.3) is 0 Å². The Labute approximate surface area is 96.0 Å². The number of rotatable bonds is 0. The Morgan fingerprint density at radius 2 is 1.94 bits per heavy atom. The van der Waals surface area contributed by atoms with E-state index in [9.17, 15) is 0 Å². The molecule has 1 N–H and O–H groups in total. The fourth-order valence-corrected chi connectivity index (χ4v) is 3.40. The summed E-state index contributed by atoms with van der Waals surface area (Å²) in [5.41, 5.74) is 3.47. The van der Waals surface area contributed by atoms with Crippen LogP contribution < -0.4 is 0 Å². The molecule has 3 rings (SSSR count). The van der Waals surface area contributed by atoms with Crippen LogP contribution in [0.2, 0.25) is 0 Å². The van der Waals surface area contributed by atoms with E-state index in [1.165, 1.54) is 36.8 Å². The van der Waals surface area contributed by atoms with Gasteiger partial charge in [0, 0.05) is 5.56 Å². The first-order chi connectivity index (χ1) is 7.90. The van der Waals surface area contributed by atoms with E-state index in [2.05, 4.69) is 23.4 Å². The lowest BCUT2D eigenvalue weighted by Gasteiger charge is -2.37. The molecule has 2 aliphatic rings. The van der Waals surface area contributed by atoms with Gasteiger partial charge in [-0.3, -0.25) is 0 Å². The fourth-order valence-electron chi connectivity index (χ4n) is 3.40. The van der Waals surface area contributed by atoms with Crippen LogP contribution in [0.3, 0.4) is 0 Å². The van der Waals surface area contributed by atoms with Gasteiger partial charge in [-0.05, 0) is 36.7 Å². The predicted octanol–water partition coefficient (Wildman–Crippen LogP) is 3.54. The highest BCUT2D eigenvalue weighted by atomic mass is 16.4. The maximum absolute atomic E-state index is 9.12. The third-order valence-corrected chi connectivity index (χ3v) is 4.16. The lowest BCUT2D eigenvalue weighted by molar-refractivity contribution is 0.291. The van der Waals surface area contributed by atoms with Crippen LogP contribution in [0.4, 0.5) is 0 Å². The minimum atomic E-state index is 0.703. The van der Waals surface area contributed by atoms with Gasteiger partial charge in [0.05, 0.1) is 5.71 Å². The summed E-state index contributed by atoms with van der Waals surface area (Å²) in [7, 11) is 0. The van der Waals surface area contributed by atoms with Crippen molar-refractivity contribution < 1.29 is 5.21 Å². The molecule has 0 heterocycles. The molecule has 1 fully saturated rings. The minimum absolute atomic E-state index is 0.703. The topological polar surface area (TPSA) is 32.6 Å². The second kappa shape index (κ2) is 3.93. The second-order valence-electron chi connectivity index (χ2n) is 4.99. The maximum atomic E-state index is 9.12. The van der Waals surface area contributed by atoms with Crippen LogP contribution in [0.5, 0.6) is 0 Å². The number of benzene rings is 1. The molecule has 16 heavy (non-hydrogen) atoms. The molecule has 0 radical (unpaired) electrons. The average molecular weight is 215 g/mol. The van der Waals surface area contributed by atoms with Crippen molar-refractivity contribution in [3.63, 3.8) is 0 Å². The summed E-state index contributed by atoms with van der Waals surface area (Å²) in [5, 5.41) is 12.6. The van der Waals surface area contributed by atoms with E-state index in [-0.39, 0.29) is 0 Å². The van der Waals surface area contributed by atoms with E-state index >= 15 is 0 Å². The van der Waals surface area contributed by atoms with Gasteiger partial charge in [-0.2, -0.15) is 0 Å². The van der Waals surface area contributed by atoms with Crippen LogP contribution in [0.25, 0.3) is 0 Å². The van der Waals surface area contributed by atoms with Crippen molar-refractivity contribution in [1.29, 1.82) is 0 Å². The standard InChI is InChI=1S/C14H17NO/c16-15-14-9-10-5-1-2-6-11(10)12-7-3-4-8-13(12)14/h3-4,7-8,10-11,16H,1-2,5-6,9H2/b15-14+/t10-,11+/m1/s1. The highest BCUT2D eigenvalue weighted by molar-refractivity contribution is 6.02. The Morgan fingerprint density at radius 3 is 2.81 bits per heavy atom. The minimum Gasteiger partial charge on any atom is -0.411 e.